The van der Waals surface area contributed by atoms with Crippen LogP contribution in [0.1, 0.15) is 47.5 Å². The molecule has 7 rings (SSSR count). The zero-order valence-corrected chi connectivity index (χ0v) is 26.2. The smallest absolute Gasteiger partial charge is 0.334 e. The fourth-order valence-electron chi connectivity index (χ4n) is 8.24. The summed E-state index contributed by atoms with van der Waals surface area (Å²) in [5.74, 6) is -6.78. The van der Waals surface area contributed by atoms with Crippen LogP contribution in [0, 0.1) is 35.0 Å². The van der Waals surface area contributed by atoms with Gasteiger partial charge < -0.3 is 14.2 Å². The molecule has 3 aliphatic carbocycles. The number of para-hydroxylation sites is 4. The maximum Gasteiger partial charge on any atom is 0.334 e. The van der Waals surface area contributed by atoms with Gasteiger partial charge in [-0.1, -0.05) is 50.6 Å². The Bertz CT molecular complexity index is 1530. The Labute approximate surface area is 262 Å². The second kappa shape index (κ2) is 11.5. The summed E-state index contributed by atoms with van der Waals surface area (Å²) >= 11 is 0. The lowest BCUT2D eigenvalue weighted by atomic mass is 9.43. The van der Waals surface area contributed by atoms with Gasteiger partial charge in [-0.15, -0.1) is 0 Å². The number of carbonyl (C=O) groups excluding carboxylic acids is 5. The van der Waals surface area contributed by atoms with E-state index in [2.05, 4.69) is 0 Å². The third kappa shape index (κ3) is 4.24. The second-order valence-corrected chi connectivity index (χ2v) is 12.3. The molecule has 236 valence electrons. The third-order valence-electron chi connectivity index (χ3n) is 9.82. The van der Waals surface area contributed by atoms with Crippen LogP contribution in [0.3, 0.4) is 0 Å². The van der Waals surface area contributed by atoms with Gasteiger partial charge in [-0.2, -0.15) is 0 Å². The molecular weight excluding hydrogens is 576 g/mol. The predicted molar refractivity (Wildman–Crippen MR) is 164 cm³/mol. The van der Waals surface area contributed by atoms with E-state index in [1.807, 2.05) is 13.8 Å². The van der Waals surface area contributed by atoms with Gasteiger partial charge in [0.1, 0.15) is 11.5 Å². The summed E-state index contributed by atoms with van der Waals surface area (Å²) < 4.78 is 17.3. The van der Waals surface area contributed by atoms with Crippen molar-refractivity contribution in [3.63, 3.8) is 0 Å². The van der Waals surface area contributed by atoms with E-state index >= 15 is 0 Å². The summed E-state index contributed by atoms with van der Waals surface area (Å²) in [5, 5.41) is 0. The Balaban J connectivity index is 1.51. The number of hydrogen-bond donors (Lipinski definition) is 0. The Hall–Kier alpha value is -4.47. The minimum Gasteiger partial charge on any atom is -0.491 e. The van der Waals surface area contributed by atoms with Crippen LogP contribution in [0.4, 0.5) is 11.4 Å². The van der Waals surface area contributed by atoms with Crippen LogP contribution in [-0.4, -0.2) is 49.4 Å². The first-order valence-corrected chi connectivity index (χ1v) is 15.7. The molecule has 2 heterocycles. The van der Waals surface area contributed by atoms with E-state index < -0.39 is 64.6 Å². The Morgan fingerprint density at radius 2 is 1.16 bits per heavy atom. The van der Waals surface area contributed by atoms with Crippen LogP contribution in [0.25, 0.3) is 0 Å². The van der Waals surface area contributed by atoms with E-state index in [0.717, 1.165) is 22.6 Å². The van der Waals surface area contributed by atoms with Gasteiger partial charge in [-0.3, -0.25) is 19.2 Å². The summed E-state index contributed by atoms with van der Waals surface area (Å²) in [4.78, 5) is 73.9. The summed E-state index contributed by atoms with van der Waals surface area (Å²) in [6.07, 6.45) is 1.45. The average molecular weight is 615 g/mol. The highest BCUT2D eigenvalue weighted by Crippen LogP contribution is 2.69. The number of nitrogens with zero attached hydrogens (tertiary/aromatic N) is 2. The first kappa shape index (κ1) is 30.6. The lowest BCUT2D eigenvalue weighted by Crippen LogP contribution is -2.61. The number of amides is 4. The molecule has 2 aliphatic heterocycles. The van der Waals surface area contributed by atoms with Gasteiger partial charge in [0.25, 0.3) is 0 Å². The highest BCUT2D eigenvalue weighted by molar-refractivity contribution is 6.28. The number of ether oxygens (including phenoxy) is 3. The molecule has 0 spiro atoms. The molecule has 0 radical (unpaired) electrons. The van der Waals surface area contributed by atoms with Gasteiger partial charge in [0.05, 0.1) is 54.9 Å². The molecule has 0 aromatic heterocycles. The Morgan fingerprint density at radius 3 is 1.58 bits per heavy atom. The average Bonchev–Trinajstić information content (AvgIpc) is 3.45. The Kier molecular flexibility index (Phi) is 7.79. The maximum atomic E-state index is 14.6. The topological polar surface area (TPSA) is 120 Å². The van der Waals surface area contributed by atoms with Crippen molar-refractivity contribution in [3.05, 3.63) is 59.7 Å². The number of benzene rings is 2. The minimum absolute atomic E-state index is 0.0842. The molecule has 3 fully saturated rings. The largest absolute Gasteiger partial charge is 0.491 e. The van der Waals surface area contributed by atoms with E-state index in [9.17, 15) is 24.0 Å². The van der Waals surface area contributed by atoms with Gasteiger partial charge >= 0.3 is 5.97 Å². The summed E-state index contributed by atoms with van der Waals surface area (Å²) in [6.45, 7) is 9.85. The molecule has 2 bridgehead atoms. The van der Waals surface area contributed by atoms with Crippen molar-refractivity contribution in [2.24, 2.45) is 35.0 Å². The molecule has 5 aliphatic rings. The van der Waals surface area contributed by atoms with Crippen molar-refractivity contribution in [2.75, 3.05) is 29.6 Å². The van der Waals surface area contributed by atoms with E-state index in [1.54, 1.807) is 69.3 Å². The van der Waals surface area contributed by atoms with Crippen molar-refractivity contribution in [2.45, 2.75) is 47.5 Å². The highest BCUT2D eigenvalue weighted by atomic mass is 16.5. The maximum absolute atomic E-state index is 14.6. The molecular formula is C35H38N2O8. The predicted octanol–water partition coefficient (Wildman–Crippen LogP) is 4.70. The molecule has 6 atom stereocenters. The van der Waals surface area contributed by atoms with E-state index in [4.69, 9.17) is 14.2 Å². The van der Waals surface area contributed by atoms with Gasteiger partial charge in [0.2, 0.25) is 23.6 Å². The fourth-order valence-corrected chi connectivity index (χ4v) is 8.24. The molecule has 0 N–H and O–H groups in total. The molecule has 2 unspecified atom stereocenters. The SMILES string of the molecule is CCCOc1ccccc1N1C(=O)[C@@H]2C3C(C)=C(C(=O)OCC)C(C)([C@@H]2C1=O)[C@@H]1C(=O)N(c2ccccc2OCCC)C(=O)[C@@H]31. The number of carbonyl (C=O) groups is 5. The normalized spacial score (nSPS) is 28.5. The van der Waals surface area contributed by atoms with Crippen LogP contribution < -0.4 is 19.3 Å². The molecule has 2 aromatic carbocycles. The van der Waals surface area contributed by atoms with Gasteiger partial charge in [0, 0.05) is 16.9 Å². The fraction of sp³-hybridized carbons (Fsp3) is 0.457. The first-order chi connectivity index (χ1) is 21.6. The number of allylic oxidation sites excluding steroid dienone is 1. The number of hydrogen-bond acceptors (Lipinski definition) is 8. The molecule has 45 heavy (non-hydrogen) atoms. The van der Waals surface area contributed by atoms with Gasteiger partial charge in [-0.05, 0) is 51.0 Å². The van der Waals surface area contributed by atoms with Crippen LogP contribution in [0.15, 0.2) is 59.7 Å². The number of imide groups is 2. The highest BCUT2D eigenvalue weighted by Gasteiger charge is 2.77. The van der Waals surface area contributed by atoms with Crippen molar-refractivity contribution in [3.8, 4) is 11.5 Å². The summed E-state index contributed by atoms with van der Waals surface area (Å²) in [6, 6.07) is 13.7. The van der Waals surface area contributed by atoms with Gasteiger partial charge in [0.15, 0.2) is 0 Å². The van der Waals surface area contributed by atoms with Crippen molar-refractivity contribution >= 4 is 41.0 Å². The summed E-state index contributed by atoms with van der Waals surface area (Å²) in [5.41, 5.74) is -0.174. The molecule has 10 heteroatoms. The zero-order chi connectivity index (χ0) is 32.2. The number of esters is 1. The van der Waals surface area contributed by atoms with Crippen LogP contribution in [-0.2, 0) is 28.7 Å². The van der Waals surface area contributed by atoms with Crippen molar-refractivity contribution in [1.29, 1.82) is 0 Å². The lowest BCUT2D eigenvalue weighted by molar-refractivity contribution is -0.155. The van der Waals surface area contributed by atoms with Crippen LogP contribution >= 0.6 is 0 Å². The third-order valence-corrected chi connectivity index (χ3v) is 9.82. The van der Waals surface area contributed by atoms with Crippen molar-refractivity contribution in [1.82, 2.24) is 0 Å². The van der Waals surface area contributed by atoms with E-state index in [-0.39, 0.29) is 12.2 Å². The lowest BCUT2D eigenvalue weighted by Gasteiger charge is -2.55. The monoisotopic (exact) mass is 614 g/mol. The second-order valence-electron chi connectivity index (χ2n) is 12.3. The van der Waals surface area contributed by atoms with Crippen LogP contribution in [0.5, 0.6) is 11.5 Å². The van der Waals surface area contributed by atoms with Gasteiger partial charge in [-0.25, -0.2) is 14.6 Å². The number of anilines is 2. The van der Waals surface area contributed by atoms with E-state index in [0.29, 0.717) is 41.7 Å². The molecule has 10 nitrogen and oxygen atoms in total. The molecule has 2 aromatic rings. The standard InChI is InChI=1S/C35H38N2O8/c1-6-17-44-22-15-11-9-13-20(22)36-30(38)25-24-19(4)27(34(42)43-8-3)35(5,28(25)32(36)40)29-26(24)31(39)37(33(29)41)21-14-10-12-16-23(21)45-18-7-2/h9-16,24-26,28-29H,6-8,17-18H2,1-5H3/t24?,25-,26+,28-,29-,35?/m0/s1. The van der Waals surface area contributed by atoms with E-state index in [1.165, 1.54) is 0 Å². The van der Waals surface area contributed by atoms with Crippen LogP contribution in [0.2, 0.25) is 0 Å². The summed E-state index contributed by atoms with van der Waals surface area (Å²) in [7, 11) is 0. The first-order valence-electron chi connectivity index (χ1n) is 15.7. The minimum atomic E-state index is -1.50. The molecule has 4 amide bonds. The molecule has 2 saturated heterocycles. The number of rotatable bonds is 10. The molecule has 1 saturated carbocycles. The van der Waals surface area contributed by atoms with Crippen molar-refractivity contribution < 1.29 is 38.2 Å². The zero-order valence-electron chi connectivity index (χ0n) is 26.2. The quantitative estimate of drug-likeness (QED) is 0.279. The Morgan fingerprint density at radius 1 is 0.711 bits per heavy atom.